The minimum absolute atomic E-state index is 0.0553. The van der Waals surface area contributed by atoms with Crippen molar-refractivity contribution in [2.75, 3.05) is 39.5 Å². The van der Waals surface area contributed by atoms with Gasteiger partial charge < -0.3 is 33.3 Å². The number of esters is 6. The zero-order valence-corrected chi connectivity index (χ0v) is 42.0. The first-order valence-corrected chi connectivity index (χ1v) is 25.5. The molecule has 0 aliphatic carbocycles. The topological polar surface area (TPSA) is 178 Å². The fraction of sp³-hybridized carbons (Fsp3) is 0.863. The van der Waals surface area contributed by atoms with Crippen LogP contribution in [0.1, 0.15) is 209 Å². The van der Waals surface area contributed by atoms with Crippen LogP contribution in [0.4, 0.5) is 0 Å². The van der Waals surface area contributed by atoms with E-state index in [0.717, 1.165) is 103 Å². The summed E-state index contributed by atoms with van der Waals surface area (Å²) in [4.78, 5) is 90.3. The van der Waals surface area contributed by atoms with Crippen LogP contribution in [0.2, 0.25) is 0 Å². The van der Waals surface area contributed by atoms with Crippen LogP contribution < -0.4 is 0 Å². The zero-order valence-electron chi connectivity index (χ0n) is 42.0. The smallest absolute Gasteiger partial charge is 0.308 e. The molecule has 0 radical (unpaired) electrons. The van der Waals surface area contributed by atoms with Crippen molar-refractivity contribution >= 4 is 42.2 Å². The van der Waals surface area contributed by atoms with Crippen LogP contribution in [0.25, 0.3) is 0 Å². The van der Waals surface area contributed by atoms with Gasteiger partial charge in [-0.15, -0.1) is 0 Å². The number of unbranched alkanes of at least 4 members (excludes halogenated alkanes) is 12. The maximum absolute atomic E-state index is 13.0. The molecule has 0 saturated carbocycles. The van der Waals surface area contributed by atoms with Crippen molar-refractivity contribution in [2.45, 2.75) is 222 Å². The Morgan fingerprint density at radius 1 is 0.400 bits per heavy atom. The van der Waals surface area contributed by atoms with E-state index in [0.29, 0.717) is 32.1 Å². The maximum atomic E-state index is 13.0. The lowest BCUT2D eigenvalue weighted by Crippen LogP contribution is -2.33. The summed E-state index contributed by atoms with van der Waals surface area (Å²) in [5.74, 6) is -4.08. The lowest BCUT2D eigenvalue weighted by atomic mass is 10.0. The van der Waals surface area contributed by atoms with Gasteiger partial charge in [0.2, 0.25) is 6.41 Å². The van der Waals surface area contributed by atoms with E-state index in [1.165, 1.54) is 4.90 Å². The number of carbonyl (C=O) groups excluding carboxylic acids is 7. The molecule has 0 heterocycles. The molecule has 4 atom stereocenters. The van der Waals surface area contributed by atoms with Crippen molar-refractivity contribution < 1.29 is 62.0 Å². The number of rotatable bonds is 43. The Kier molecular flexibility index (Phi) is 38.2. The van der Waals surface area contributed by atoms with Crippen molar-refractivity contribution in [3.05, 3.63) is 0 Å². The molecule has 0 saturated heterocycles. The van der Waals surface area contributed by atoms with Crippen LogP contribution in [0.5, 0.6) is 0 Å². The SMILES string of the molecule is CCCCCCC(C)C(=O)OCC(COC(=O)C(C)CCCCCC)OC(=O)CCCN(C=O)CCCC(=O)OC(COC(=O)C(C)CCCCCC)COC(=O)C(C)CCCCCC. The van der Waals surface area contributed by atoms with Crippen molar-refractivity contribution in [1.82, 2.24) is 4.90 Å². The third-order valence-corrected chi connectivity index (χ3v) is 11.6. The summed E-state index contributed by atoms with van der Waals surface area (Å²) in [6, 6.07) is 0. The Bertz CT molecular complexity index is 1130. The van der Waals surface area contributed by atoms with Gasteiger partial charge in [-0.3, -0.25) is 33.6 Å². The molecule has 0 aromatic heterocycles. The molecule has 65 heavy (non-hydrogen) atoms. The first-order chi connectivity index (χ1) is 31.2. The van der Waals surface area contributed by atoms with Gasteiger partial charge in [0.1, 0.15) is 26.4 Å². The highest BCUT2D eigenvalue weighted by molar-refractivity contribution is 5.74. The maximum Gasteiger partial charge on any atom is 0.308 e. The quantitative estimate of drug-likeness (QED) is 0.0244. The molecule has 378 valence electrons. The minimum atomic E-state index is -0.989. The van der Waals surface area contributed by atoms with Crippen molar-refractivity contribution in [3.8, 4) is 0 Å². The third-order valence-electron chi connectivity index (χ3n) is 11.6. The van der Waals surface area contributed by atoms with Crippen LogP contribution in [0.3, 0.4) is 0 Å². The van der Waals surface area contributed by atoms with Gasteiger partial charge in [0.15, 0.2) is 12.2 Å². The average Bonchev–Trinajstić information content (AvgIpc) is 3.29. The number of amides is 1. The van der Waals surface area contributed by atoms with Crippen LogP contribution in [-0.2, 0) is 62.0 Å². The summed E-state index contributed by atoms with van der Waals surface area (Å²) in [5.41, 5.74) is 0. The van der Waals surface area contributed by atoms with E-state index >= 15 is 0 Å². The fourth-order valence-corrected chi connectivity index (χ4v) is 7.04. The van der Waals surface area contributed by atoms with Gasteiger partial charge in [-0.05, 0) is 38.5 Å². The van der Waals surface area contributed by atoms with E-state index in [9.17, 15) is 33.6 Å². The van der Waals surface area contributed by atoms with Gasteiger partial charge in [0.25, 0.3) is 0 Å². The first kappa shape index (κ1) is 61.3. The standard InChI is InChI=1S/C51H91NO13/c1-9-13-17-21-27-40(5)48(56)60-35-44(36-61-49(57)41(6)28-22-18-14-10-2)64-46(54)31-25-33-52(39-53)34-26-32-47(55)65-45(37-62-50(58)42(7)29-23-19-15-11-3)38-63-51(59)43(8)30-24-20-16-12-4/h39-45H,9-38H2,1-8H3. The van der Waals surface area contributed by atoms with Gasteiger partial charge in [-0.1, -0.05) is 158 Å². The van der Waals surface area contributed by atoms with Crippen LogP contribution in [-0.4, -0.2) is 98.9 Å². The van der Waals surface area contributed by atoms with E-state index in [-0.39, 0.29) is 88.9 Å². The predicted octanol–water partition coefficient (Wildman–Crippen LogP) is 10.4. The average molecular weight is 926 g/mol. The highest BCUT2D eigenvalue weighted by atomic mass is 16.6. The Morgan fingerprint density at radius 2 is 0.662 bits per heavy atom. The molecular formula is C51H91NO13. The number of ether oxygens (including phenoxy) is 6. The molecule has 0 spiro atoms. The first-order valence-electron chi connectivity index (χ1n) is 25.5. The zero-order chi connectivity index (χ0) is 48.7. The molecule has 0 aromatic rings. The fourth-order valence-electron chi connectivity index (χ4n) is 7.04. The number of nitrogens with zero attached hydrogens (tertiary/aromatic N) is 1. The second kappa shape index (κ2) is 40.6. The van der Waals surface area contributed by atoms with Gasteiger partial charge in [0.05, 0.1) is 23.7 Å². The van der Waals surface area contributed by atoms with Gasteiger partial charge >= 0.3 is 35.8 Å². The van der Waals surface area contributed by atoms with Crippen LogP contribution >= 0.6 is 0 Å². The van der Waals surface area contributed by atoms with Crippen molar-refractivity contribution in [3.63, 3.8) is 0 Å². The Morgan fingerprint density at radius 3 is 0.892 bits per heavy atom. The lowest BCUT2D eigenvalue weighted by molar-refractivity contribution is -0.169. The molecule has 4 unspecified atom stereocenters. The molecule has 0 fully saturated rings. The molecule has 0 bridgehead atoms. The summed E-state index contributed by atoms with van der Waals surface area (Å²) in [7, 11) is 0. The summed E-state index contributed by atoms with van der Waals surface area (Å²) in [6.45, 7) is 15.1. The van der Waals surface area contributed by atoms with E-state index in [1.807, 2.05) is 27.7 Å². The van der Waals surface area contributed by atoms with E-state index in [4.69, 9.17) is 28.4 Å². The van der Waals surface area contributed by atoms with Crippen LogP contribution in [0, 0.1) is 23.7 Å². The number of hydrogen-bond donors (Lipinski definition) is 0. The van der Waals surface area contributed by atoms with E-state index in [1.54, 1.807) is 0 Å². The van der Waals surface area contributed by atoms with Crippen LogP contribution in [0.15, 0.2) is 0 Å². The minimum Gasteiger partial charge on any atom is -0.461 e. The lowest BCUT2D eigenvalue weighted by Gasteiger charge is -2.21. The van der Waals surface area contributed by atoms with E-state index < -0.39 is 48.0 Å². The van der Waals surface area contributed by atoms with Gasteiger partial charge in [-0.2, -0.15) is 0 Å². The summed E-state index contributed by atoms with van der Waals surface area (Å²) in [5, 5.41) is 0. The monoisotopic (exact) mass is 926 g/mol. The Hall–Kier alpha value is -3.71. The molecular weight excluding hydrogens is 835 g/mol. The molecule has 1 amide bonds. The molecule has 14 heteroatoms. The van der Waals surface area contributed by atoms with Crippen molar-refractivity contribution in [2.24, 2.45) is 23.7 Å². The van der Waals surface area contributed by atoms with Gasteiger partial charge in [0, 0.05) is 25.9 Å². The molecule has 0 aliphatic heterocycles. The Labute approximate surface area is 393 Å². The second-order valence-electron chi connectivity index (χ2n) is 18.1. The molecule has 0 N–H and O–H groups in total. The third kappa shape index (κ3) is 33.4. The normalized spacial score (nSPS) is 13.9. The summed E-state index contributed by atoms with van der Waals surface area (Å²) < 4.78 is 33.3. The van der Waals surface area contributed by atoms with Crippen molar-refractivity contribution in [1.29, 1.82) is 0 Å². The molecule has 0 rings (SSSR count). The molecule has 14 nitrogen and oxygen atoms in total. The number of carbonyl (C=O) groups is 7. The largest absolute Gasteiger partial charge is 0.461 e. The highest BCUT2D eigenvalue weighted by Gasteiger charge is 2.25. The summed E-state index contributed by atoms with van der Waals surface area (Å²) >= 11 is 0. The highest BCUT2D eigenvalue weighted by Crippen LogP contribution is 2.17. The summed E-state index contributed by atoms with van der Waals surface area (Å²) in [6.07, 6.45) is 18.4. The molecule has 0 aromatic carbocycles. The Balaban J connectivity index is 5.24. The molecule has 0 aliphatic rings. The predicted molar refractivity (Wildman–Crippen MR) is 251 cm³/mol. The van der Waals surface area contributed by atoms with E-state index in [2.05, 4.69) is 27.7 Å². The number of hydrogen-bond acceptors (Lipinski definition) is 13. The second-order valence-corrected chi connectivity index (χ2v) is 18.1. The van der Waals surface area contributed by atoms with Gasteiger partial charge in [-0.25, -0.2) is 0 Å².